The second-order valence-corrected chi connectivity index (χ2v) is 12.4. The fourth-order valence-electron chi connectivity index (χ4n) is 6.57. The molecular formula is C42H24N6O4. The molecule has 9 rings (SSSR count). The fraction of sp³-hybridized carbons (Fsp3) is 0. The first-order chi connectivity index (χ1) is 25.4. The smallest absolute Gasteiger partial charge is 0.258 e. The minimum Gasteiger partial charge on any atom is -0.258 e. The number of aromatic nitrogens is 4. The van der Waals surface area contributed by atoms with Crippen LogP contribution in [0.5, 0.6) is 0 Å². The molecule has 10 heteroatoms. The molecule has 0 unspecified atom stereocenters. The van der Waals surface area contributed by atoms with Crippen LogP contribution in [-0.4, -0.2) is 29.8 Å². The van der Waals surface area contributed by atoms with E-state index in [9.17, 15) is 20.2 Å². The van der Waals surface area contributed by atoms with Gasteiger partial charge >= 0.3 is 0 Å². The number of benzene rings is 5. The summed E-state index contributed by atoms with van der Waals surface area (Å²) in [6, 6.07) is 44.7. The fourth-order valence-corrected chi connectivity index (χ4v) is 6.57. The predicted octanol–water partition coefficient (Wildman–Crippen LogP) is 10.4. The van der Waals surface area contributed by atoms with Gasteiger partial charge in [0, 0.05) is 68.1 Å². The molecule has 5 aromatic carbocycles. The molecule has 0 saturated heterocycles. The third kappa shape index (κ3) is 5.40. The van der Waals surface area contributed by atoms with Gasteiger partial charge in [-0.2, -0.15) is 0 Å². The van der Waals surface area contributed by atoms with Gasteiger partial charge in [0.1, 0.15) is 0 Å². The minimum absolute atomic E-state index is 0.00759. The van der Waals surface area contributed by atoms with Crippen LogP contribution in [0.3, 0.4) is 0 Å². The van der Waals surface area contributed by atoms with Crippen LogP contribution < -0.4 is 0 Å². The molecule has 0 saturated carbocycles. The summed E-state index contributed by atoms with van der Waals surface area (Å²) in [6.45, 7) is 0. The van der Waals surface area contributed by atoms with Gasteiger partial charge in [-0.25, -0.2) is 19.9 Å². The number of pyridine rings is 4. The summed E-state index contributed by atoms with van der Waals surface area (Å²) in [5, 5.41) is 26.5. The van der Waals surface area contributed by atoms with E-state index >= 15 is 0 Å². The molecule has 246 valence electrons. The number of fused-ring (bicyclic) bond motifs is 6. The summed E-state index contributed by atoms with van der Waals surface area (Å²) in [5.74, 6) is 0. The molecule has 0 N–H and O–H groups in total. The quantitative estimate of drug-likeness (QED) is 0.0963. The maximum absolute atomic E-state index is 11.4. The lowest BCUT2D eigenvalue weighted by atomic mass is 10.0. The van der Waals surface area contributed by atoms with Crippen molar-refractivity contribution in [3.63, 3.8) is 0 Å². The second-order valence-electron chi connectivity index (χ2n) is 12.4. The highest BCUT2D eigenvalue weighted by Crippen LogP contribution is 2.33. The average Bonchev–Trinajstić information content (AvgIpc) is 3.20. The summed E-state index contributed by atoms with van der Waals surface area (Å²) >= 11 is 0. The molecular weight excluding hydrogens is 652 g/mol. The molecule has 0 aliphatic carbocycles. The molecule has 0 fully saturated rings. The number of non-ortho nitro benzene ring substituents is 2. The average molecular weight is 677 g/mol. The molecule has 0 spiro atoms. The zero-order valence-corrected chi connectivity index (χ0v) is 27.2. The molecule has 0 aliphatic heterocycles. The first-order valence-corrected chi connectivity index (χ1v) is 16.4. The lowest BCUT2D eigenvalue weighted by Crippen LogP contribution is -1.93. The van der Waals surface area contributed by atoms with Crippen molar-refractivity contribution in [3.8, 4) is 45.0 Å². The standard InChI is InChI=1S/C42H24N6O4/c49-47(50)33-8-2-6-31(23-33)37-20-16-27-12-10-25-14-18-35(43-39(25)41(27)45-37)29-4-1-5-30(22-29)36-19-15-26-11-13-28-17-21-38(46-42(28)40(26)44-36)32-7-3-9-34(24-32)48(51)52/h1-24H. The molecule has 10 nitrogen and oxygen atoms in total. The largest absolute Gasteiger partial charge is 0.270 e. The highest BCUT2D eigenvalue weighted by atomic mass is 16.6. The van der Waals surface area contributed by atoms with E-state index in [1.807, 2.05) is 103 Å². The topological polar surface area (TPSA) is 138 Å². The first-order valence-electron chi connectivity index (χ1n) is 16.4. The Morgan fingerprint density at radius 1 is 0.346 bits per heavy atom. The van der Waals surface area contributed by atoms with Gasteiger partial charge in [0.15, 0.2) is 0 Å². The molecule has 4 heterocycles. The van der Waals surface area contributed by atoms with Gasteiger partial charge in [0.25, 0.3) is 11.4 Å². The normalized spacial score (nSPS) is 11.4. The predicted molar refractivity (Wildman–Crippen MR) is 203 cm³/mol. The number of rotatable bonds is 6. The van der Waals surface area contributed by atoms with Gasteiger partial charge in [0.2, 0.25) is 0 Å². The SMILES string of the molecule is O=[N+]([O-])c1cccc(-c2ccc3ccc4ccc(-c5cccc(-c6ccc7ccc8ccc(-c9cccc([N+](=O)[O-])c9)nc8c7n6)c5)nc4c3n2)c1. The van der Waals surface area contributed by atoms with Crippen molar-refractivity contribution in [2.24, 2.45) is 0 Å². The Morgan fingerprint density at radius 3 is 0.923 bits per heavy atom. The van der Waals surface area contributed by atoms with Crippen molar-refractivity contribution < 1.29 is 9.85 Å². The summed E-state index contributed by atoms with van der Waals surface area (Å²) < 4.78 is 0. The Balaban J connectivity index is 1.12. The van der Waals surface area contributed by atoms with Crippen molar-refractivity contribution in [3.05, 3.63) is 166 Å². The van der Waals surface area contributed by atoms with E-state index in [4.69, 9.17) is 19.9 Å². The Morgan fingerprint density at radius 2 is 0.615 bits per heavy atom. The maximum Gasteiger partial charge on any atom is 0.270 e. The molecule has 52 heavy (non-hydrogen) atoms. The zero-order chi connectivity index (χ0) is 35.3. The summed E-state index contributed by atoms with van der Waals surface area (Å²) in [6.07, 6.45) is 0. The molecule has 0 amide bonds. The van der Waals surface area contributed by atoms with Crippen LogP contribution in [-0.2, 0) is 0 Å². The lowest BCUT2D eigenvalue weighted by Gasteiger charge is -2.10. The number of hydrogen-bond donors (Lipinski definition) is 0. The van der Waals surface area contributed by atoms with Crippen molar-refractivity contribution in [1.29, 1.82) is 0 Å². The lowest BCUT2D eigenvalue weighted by molar-refractivity contribution is -0.385. The van der Waals surface area contributed by atoms with Crippen LogP contribution >= 0.6 is 0 Å². The number of hydrogen-bond acceptors (Lipinski definition) is 8. The van der Waals surface area contributed by atoms with E-state index in [1.54, 1.807) is 12.1 Å². The number of nitro benzene ring substituents is 2. The zero-order valence-electron chi connectivity index (χ0n) is 27.2. The van der Waals surface area contributed by atoms with Crippen molar-refractivity contribution in [1.82, 2.24) is 19.9 Å². The molecule has 0 radical (unpaired) electrons. The summed E-state index contributed by atoms with van der Waals surface area (Å²) in [5.41, 5.74) is 8.78. The highest BCUT2D eigenvalue weighted by Gasteiger charge is 2.14. The van der Waals surface area contributed by atoms with E-state index < -0.39 is 9.85 Å². The Hall–Kier alpha value is -7.46. The van der Waals surface area contributed by atoms with Crippen LogP contribution in [0.15, 0.2) is 146 Å². The van der Waals surface area contributed by atoms with Crippen LogP contribution in [0.25, 0.3) is 88.6 Å². The monoisotopic (exact) mass is 676 g/mol. The third-order valence-corrected chi connectivity index (χ3v) is 9.20. The maximum atomic E-state index is 11.4. The van der Waals surface area contributed by atoms with Gasteiger partial charge in [-0.15, -0.1) is 0 Å². The highest BCUT2D eigenvalue weighted by molar-refractivity contribution is 6.05. The van der Waals surface area contributed by atoms with E-state index in [1.165, 1.54) is 24.3 Å². The first kappa shape index (κ1) is 30.6. The molecule has 0 bridgehead atoms. The number of nitro groups is 2. The minimum atomic E-state index is -0.409. The van der Waals surface area contributed by atoms with Gasteiger partial charge in [0.05, 0.1) is 54.7 Å². The van der Waals surface area contributed by atoms with E-state index in [2.05, 4.69) is 6.07 Å². The Labute approximate surface area is 295 Å². The van der Waals surface area contributed by atoms with Crippen LogP contribution in [0.4, 0.5) is 11.4 Å². The summed E-state index contributed by atoms with van der Waals surface area (Å²) in [4.78, 5) is 42.0. The Kier molecular flexibility index (Phi) is 7.15. The van der Waals surface area contributed by atoms with Crippen LogP contribution in [0.2, 0.25) is 0 Å². The third-order valence-electron chi connectivity index (χ3n) is 9.20. The molecule has 4 aromatic heterocycles. The van der Waals surface area contributed by atoms with Crippen molar-refractivity contribution in [2.45, 2.75) is 0 Å². The van der Waals surface area contributed by atoms with Gasteiger partial charge < -0.3 is 0 Å². The van der Waals surface area contributed by atoms with E-state index in [0.717, 1.165) is 55.1 Å². The molecule has 9 aromatic rings. The van der Waals surface area contributed by atoms with Crippen LogP contribution in [0, 0.1) is 20.2 Å². The van der Waals surface area contributed by atoms with E-state index in [0.29, 0.717) is 33.5 Å². The molecule has 0 aliphatic rings. The Bertz CT molecular complexity index is 2750. The van der Waals surface area contributed by atoms with Crippen molar-refractivity contribution in [2.75, 3.05) is 0 Å². The molecule has 0 atom stereocenters. The van der Waals surface area contributed by atoms with Gasteiger partial charge in [-0.3, -0.25) is 20.2 Å². The van der Waals surface area contributed by atoms with Crippen LogP contribution in [0.1, 0.15) is 0 Å². The summed E-state index contributed by atoms with van der Waals surface area (Å²) in [7, 11) is 0. The van der Waals surface area contributed by atoms with Crippen molar-refractivity contribution >= 4 is 55.0 Å². The van der Waals surface area contributed by atoms with E-state index in [-0.39, 0.29) is 11.4 Å². The second kappa shape index (κ2) is 12.1. The van der Waals surface area contributed by atoms with Gasteiger partial charge in [-0.05, 0) is 30.3 Å². The van der Waals surface area contributed by atoms with Gasteiger partial charge in [-0.1, -0.05) is 91.0 Å². The number of nitrogens with zero attached hydrogens (tertiary/aromatic N) is 6.